The maximum atomic E-state index is 14.1. The van der Waals surface area contributed by atoms with E-state index in [1.807, 2.05) is 73.2 Å². The number of likely N-dealkylation sites (N-methyl/N-ethyl adjacent to an activating group) is 1. The second-order valence-corrected chi connectivity index (χ2v) is 10.3. The maximum absolute atomic E-state index is 14.1. The van der Waals surface area contributed by atoms with Crippen LogP contribution in [-0.2, 0) is 4.79 Å². The molecule has 2 aliphatic heterocycles. The van der Waals surface area contributed by atoms with E-state index in [2.05, 4.69) is 5.32 Å². The molecule has 6 nitrogen and oxygen atoms in total. The summed E-state index contributed by atoms with van der Waals surface area (Å²) < 4.78 is 0. The number of aryl methyl sites for hydroxylation is 2. The molecule has 0 aliphatic carbocycles. The summed E-state index contributed by atoms with van der Waals surface area (Å²) in [6, 6.07) is 16.8. The second-order valence-electron chi connectivity index (χ2n) is 9.83. The van der Waals surface area contributed by atoms with Crippen LogP contribution in [0.15, 0.2) is 59.6 Å². The number of hydrogen-bond acceptors (Lipinski definition) is 5. The summed E-state index contributed by atoms with van der Waals surface area (Å²) in [7, 11) is 1.87. The van der Waals surface area contributed by atoms with Crippen molar-refractivity contribution in [2.75, 3.05) is 25.0 Å². The quantitative estimate of drug-likeness (QED) is 0.465. The number of aromatic hydroxyl groups is 1. The van der Waals surface area contributed by atoms with Gasteiger partial charge in [0.2, 0.25) is 5.91 Å². The number of carbonyl (C=O) groups excluding carboxylic acids is 1. The van der Waals surface area contributed by atoms with Crippen molar-refractivity contribution in [1.29, 1.82) is 0 Å². The summed E-state index contributed by atoms with van der Waals surface area (Å²) in [4.78, 5) is 22.6. The zero-order chi connectivity index (χ0) is 25.4. The molecule has 0 saturated carbocycles. The molecule has 1 amide bonds. The van der Waals surface area contributed by atoms with E-state index < -0.39 is 6.04 Å². The Morgan fingerprint density at radius 1 is 1.19 bits per heavy atom. The number of phenolic OH excluding ortho intramolecular Hbond substituents is 1. The number of benzene rings is 3. The SMILES string of the molecule is Cc1cc(Cl)cc(N2C=Nc3cc(C)c(-c4cccc(O)c4)cc3C2C(=O)N(C)CC2CCCN2)c1. The van der Waals surface area contributed by atoms with Gasteiger partial charge in [0, 0.05) is 35.9 Å². The highest BCUT2D eigenvalue weighted by Crippen LogP contribution is 2.41. The molecule has 36 heavy (non-hydrogen) atoms. The number of amides is 1. The molecule has 1 saturated heterocycles. The van der Waals surface area contributed by atoms with Crippen molar-refractivity contribution < 1.29 is 9.90 Å². The molecule has 2 aliphatic rings. The Labute approximate surface area is 217 Å². The van der Waals surface area contributed by atoms with Crippen molar-refractivity contribution in [3.63, 3.8) is 0 Å². The number of fused-ring (bicyclic) bond motifs is 1. The van der Waals surface area contributed by atoms with Crippen LogP contribution in [0.25, 0.3) is 11.1 Å². The fourth-order valence-electron chi connectivity index (χ4n) is 5.24. The molecule has 3 aromatic rings. The van der Waals surface area contributed by atoms with Gasteiger partial charge in [0.15, 0.2) is 0 Å². The third kappa shape index (κ3) is 4.84. The van der Waals surface area contributed by atoms with Crippen molar-refractivity contribution in [2.45, 2.75) is 38.8 Å². The molecule has 186 valence electrons. The van der Waals surface area contributed by atoms with Crippen molar-refractivity contribution in [3.05, 3.63) is 76.3 Å². The Hall–Kier alpha value is -3.35. The van der Waals surface area contributed by atoms with Crippen LogP contribution >= 0.6 is 11.6 Å². The minimum atomic E-state index is -0.599. The largest absolute Gasteiger partial charge is 0.508 e. The molecule has 3 aromatic carbocycles. The van der Waals surface area contributed by atoms with E-state index in [0.717, 1.165) is 58.6 Å². The highest BCUT2D eigenvalue weighted by atomic mass is 35.5. The Balaban J connectivity index is 1.61. The van der Waals surface area contributed by atoms with Crippen molar-refractivity contribution >= 4 is 35.2 Å². The zero-order valence-electron chi connectivity index (χ0n) is 20.8. The van der Waals surface area contributed by atoms with E-state index in [4.69, 9.17) is 16.6 Å². The van der Waals surface area contributed by atoms with Crippen molar-refractivity contribution in [1.82, 2.24) is 10.2 Å². The van der Waals surface area contributed by atoms with Crippen LogP contribution in [0.1, 0.15) is 35.6 Å². The molecular formula is C29H31ClN4O2. The Morgan fingerprint density at radius 2 is 2.03 bits per heavy atom. The first-order valence-electron chi connectivity index (χ1n) is 12.3. The van der Waals surface area contributed by atoms with Gasteiger partial charge in [0.1, 0.15) is 11.8 Å². The lowest BCUT2D eigenvalue weighted by atomic mass is 9.91. The summed E-state index contributed by atoms with van der Waals surface area (Å²) >= 11 is 6.42. The summed E-state index contributed by atoms with van der Waals surface area (Å²) in [6.45, 7) is 5.65. The van der Waals surface area contributed by atoms with E-state index >= 15 is 0 Å². The van der Waals surface area contributed by atoms with Gasteiger partial charge in [-0.25, -0.2) is 4.99 Å². The van der Waals surface area contributed by atoms with E-state index in [1.165, 1.54) is 0 Å². The Morgan fingerprint density at radius 3 is 2.75 bits per heavy atom. The Bertz CT molecular complexity index is 1310. The summed E-state index contributed by atoms with van der Waals surface area (Å²) in [5.41, 5.74) is 6.31. The lowest BCUT2D eigenvalue weighted by Crippen LogP contribution is -2.46. The number of nitrogens with one attached hydrogen (secondary N) is 1. The van der Waals surface area contributed by atoms with E-state index in [-0.39, 0.29) is 11.7 Å². The van der Waals surface area contributed by atoms with Crippen LogP contribution in [0.4, 0.5) is 11.4 Å². The first kappa shape index (κ1) is 24.3. The maximum Gasteiger partial charge on any atom is 0.250 e. The number of phenols is 1. The van der Waals surface area contributed by atoms with Crippen LogP contribution in [0.3, 0.4) is 0 Å². The van der Waals surface area contributed by atoms with Crippen LogP contribution in [0.5, 0.6) is 5.75 Å². The number of halogens is 1. The molecule has 5 rings (SSSR count). The van der Waals surface area contributed by atoms with Gasteiger partial charge in [-0.05, 0) is 98.0 Å². The van der Waals surface area contributed by atoms with Gasteiger partial charge in [0.25, 0.3) is 0 Å². The first-order valence-corrected chi connectivity index (χ1v) is 12.7. The molecule has 2 N–H and O–H groups in total. The molecule has 0 bridgehead atoms. The molecule has 0 aromatic heterocycles. The molecule has 2 atom stereocenters. The van der Waals surface area contributed by atoms with Crippen LogP contribution in [0.2, 0.25) is 5.02 Å². The molecule has 1 fully saturated rings. The third-order valence-electron chi connectivity index (χ3n) is 7.02. The number of anilines is 1. The standard InChI is InChI=1S/C29H31ClN4O2/c1-18-10-21(30)14-23(11-18)34-17-32-27-12-19(2)25(20-6-4-8-24(35)13-20)15-26(27)28(34)29(36)33(3)16-22-7-5-9-31-22/h4,6,8,10-15,17,22,28,31,35H,5,7,9,16H2,1-3H3. The van der Waals surface area contributed by atoms with Gasteiger partial charge < -0.3 is 20.2 Å². The average Bonchev–Trinajstić information content (AvgIpc) is 3.35. The molecule has 0 radical (unpaired) electrons. The minimum absolute atomic E-state index is 0.000518. The highest BCUT2D eigenvalue weighted by molar-refractivity contribution is 6.31. The minimum Gasteiger partial charge on any atom is -0.508 e. The highest BCUT2D eigenvalue weighted by Gasteiger charge is 2.35. The average molecular weight is 503 g/mol. The fourth-order valence-corrected chi connectivity index (χ4v) is 5.53. The Kier molecular flexibility index (Phi) is 6.73. The predicted octanol–water partition coefficient (Wildman–Crippen LogP) is 5.76. The first-order chi connectivity index (χ1) is 17.3. The predicted molar refractivity (Wildman–Crippen MR) is 147 cm³/mol. The monoisotopic (exact) mass is 502 g/mol. The molecule has 0 spiro atoms. The van der Waals surface area contributed by atoms with Gasteiger partial charge >= 0.3 is 0 Å². The van der Waals surface area contributed by atoms with E-state index in [0.29, 0.717) is 17.6 Å². The lowest BCUT2D eigenvalue weighted by molar-refractivity contribution is -0.131. The summed E-state index contributed by atoms with van der Waals surface area (Å²) in [5, 5.41) is 14.2. The van der Waals surface area contributed by atoms with Gasteiger partial charge in [0.05, 0.1) is 12.0 Å². The van der Waals surface area contributed by atoms with Gasteiger partial charge in [-0.15, -0.1) is 0 Å². The molecule has 2 heterocycles. The molecular weight excluding hydrogens is 472 g/mol. The van der Waals surface area contributed by atoms with Crippen molar-refractivity contribution in [3.8, 4) is 16.9 Å². The van der Waals surface area contributed by atoms with Gasteiger partial charge in [-0.2, -0.15) is 0 Å². The molecule has 7 heteroatoms. The van der Waals surface area contributed by atoms with Crippen LogP contribution in [0, 0.1) is 13.8 Å². The van der Waals surface area contributed by atoms with E-state index in [9.17, 15) is 9.90 Å². The van der Waals surface area contributed by atoms with Gasteiger partial charge in [-0.1, -0.05) is 23.7 Å². The zero-order valence-corrected chi connectivity index (χ0v) is 21.6. The number of carbonyl (C=O) groups is 1. The second kappa shape index (κ2) is 9.96. The topological polar surface area (TPSA) is 68.2 Å². The van der Waals surface area contributed by atoms with Crippen LogP contribution in [-0.4, -0.2) is 48.4 Å². The third-order valence-corrected chi connectivity index (χ3v) is 7.23. The number of aliphatic imine (C=N–C) groups is 1. The molecule has 2 unspecified atom stereocenters. The smallest absolute Gasteiger partial charge is 0.250 e. The number of nitrogens with zero attached hydrogens (tertiary/aromatic N) is 3. The number of rotatable bonds is 5. The summed E-state index contributed by atoms with van der Waals surface area (Å²) in [5.74, 6) is 0.203. The fraction of sp³-hybridized carbons (Fsp3) is 0.310. The van der Waals surface area contributed by atoms with Gasteiger partial charge in [-0.3, -0.25) is 4.79 Å². The number of hydrogen-bond donors (Lipinski definition) is 2. The van der Waals surface area contributed by atoms with Crippen molar-refractivity contribution in [2.24, 2.45) is 4.99 Å². The van der Waals surface area contributed by atoms with E-state index in [1.54, 1.807) is 18.5 Å². The lowest BCUT2D eigenvalue weighted by Gasteiger charge is -2.36. The normalized spacial score (nSPS) is 18.8. The van der Waals surface area contributed by atoms with Crippen LogP contribution < -0.4 is 10.2 Å². The summed E-state index contributed by atoms with van der Waals surface area (Å²) in [6.07, 6.45) is 3.94.